The average molecular weight is 273 g/mol. The van der Waals surface area contributed by atoms with Crippen molar-refractivity contribution >= 4 is 52.0 Å². The van der Waals surface area contributed by atoms with Crippen LogP contribution in [0.2, 0.25) is 0 Å². The van der Waals surface area contributed by atoms with Gasteiger partial charge in [0.1, 0.15) is 0 Å². The predicted octanol–water partition coefficient (Wildman–Crippen LogP) is 3.65. The van der Waals surface area contributed by atoms with Gasteiger partial charge in [0, 0.05) is 11.3 Å². The molecule has 78 valence electrons. The maximum absolute atomic E-state index is 7.25. The van der Waals surface area contributed by atoms with E-state index in [1.54, 1.807) is 11.3 Å². The maximum Gasteiger partial charge on any atom is 0.265 e. The summed E-state index contributed by atoms with van der Waals surface area (Å²) in [6, 6.07) is 3.95. The zero-order valence-electron chi connectivity index (χ0n) is 7.10. The van der Waals surface area contributed by atoms with Crippen molar-refractivity contribution in [2.24, 2.45) is 0 Å². The van der Waals surface area contributed by atoms with Crippen molar-refractivity contribution in [1.29, 1.82) is 5.41 Å². The van der Waals surface area contributed by atoms with Crippen LogP contribution in [0.25, 0.3) is 0 Å². The van der Waals surface area contributed by atoms with Crippen LogP contribution in [0.1, 0.15) is 4.88 Å². The Kier molecular flexibility index (Phi) is 4.51. The molecule has 0 aliphatic rings. The normalized spacial score (nSPS) is 11.4. The van der Waals surface area contributed by atoms with E-state index in [-0.39, 0.29) is 5.90 Å². The lowest BCUT2D eigenvalue weighted by Gasteiger charge is -2.12. The van der Waals surface area contributed by atoms with Crippen LogP contribution in [0.15, 0.2) is 17.5 Å². The summed E-state index contributed by atoms with van der Waals surface area (Å²) in [6.45, 7) is 0.354. The van der Waals surface area contributed by atoms with Gasteiger partial charge in [-0.25, -0.2) is 0 Å². The molecule has 0 atom stereocenters. The number of hydrogen-bond acceptors (Lipinski definition) is 3. The first-order chi connectivity index (χ1) is 6.50. The highest BCUT2D eigenvalue weighted by Crippen LogP contribution is 2.27. The molecule has 2 nitrogen and oxygen atoms in total. The first-order valence-electron chi connectivity index (χ1n) is 3.81. The molecular weight excluding hydrogens is 265 g/mol. The maximum atomic E-state index is 7.25. The number of hydrogen-bond donors (Lipinski definition) is 1. The van der Waals surface area contributed by atoms with Gasteiger partial charge < -0.3 is 4.74 Å². The number of ether oxygens (including phenoxy) is 1. The smallest absolute Gasteiger partial charge is 0.265 e. The SMILES string of the molecule is N=C(OCCc1cccs1)C(Cl)(Cl)Cl. The molecule has 1 N–H and O–H groups in total. The standard InChI is InChI=1S/C8H8Cl3NOS/c9-8(10,11)7(12)13-4-3-6-2-1-5-14-6/h1-2,5,12H,3-4H2. The molecule has 0 saturated heterocycles. The van der Waals surface area contributed by atoms with E-state index in [4.69, 9.17) is 44.9 Å². The van der Waals surface area contributed by atoms with Crippen LogP contribution in [-0.4, -0.2) is 16.3 Å². The highest BCUT2D eigenvalue weighted by molar-refractivity contribution is 7.09. The minimum atomic E-state index is -1.75. The van der Waals surface area contributed by atoms with Crippen LogP contribution in [0.5, 0.6) is 0 Å². The number of alkyl halides is 3. The lowest BCUT2D eigenvalue weighted by molar-refractivity contribution is 0.301. The van der Waals surface area contributed by atoms with Gasteiger partial charge in [-0.2, -0.15) is 0 Å². The fourth-order valence-corrected chi connectivity index (χ4v) is 1.64. The summed E-state index contributed by atoms with van der Waals surface area (Å²) < 4.78 is 3.22. The van der Waals surface area contributed by atoms with Gasteiger partial charge in [0.05, 0.1) is 6.61 Å². The van der Waals surface area contributed by atoms with Gasteiger partial charge in [-0.3, -0.25) is 5.41 Å². The van der Waals surface area contributed by atoms with Gasteiger partial charge >= 0.3 is 0 Å². The number of thiophene rings is 1. The molecule has 0 amide bonds. The minimum Gasteiger partial charge on any atom is -0.478 e. The van der Waals surface area contributed by atoms with Crippen molar-refractivity contribution in [3.63, 3.8) is 0 Å². The molecule has 0 aliphatic heterocycles. The van der Waals surface area contributed by atoms with Crippen molar-refractivity contribution in [2.45, 2.75) is 10.2 Å². The number of rotatable bonds is 3. The van der Waals surface area contributed by atoms with Gasteiger partial charge in [-0.15, -0.1) is 11.3 Å². The van der Waals surface area contributed by atoms with Crippen LogP contribution in [0.4, 0.5) is 0 Å². The molecule has 1 aromatic heterocycles. The summed E-state index contributed by atoms with van der Waals surface area (Å²) in [5.41, 5.74) is 0. The lowest BCUT2D eigenvalue weighted by atomic mass is 10.4. The van der Waals surface area contributed by atoms with E-state index in [9.17, 15) is 0 Å². The molecule has 6 heteroatoms. The van der Waals surface area contributed by atoms with Crippen molar-refractivity contribution < 1.29 is 4.74 Å². The Balaban J connectivity index is 2.26. The lowest BCUT2D eigenvalue weighted by Crippen LogP contribution is -2.22. The van der Waals surface area contributed by atoms with Gasteiger partial charge in [0.15, 0.2) is 0 Å². The zero-order valence-corrected chi connectivity index (χ0v) is 10.2. The monoisotopic (exact) mass is 271 g/mol. The van der Waals surface area contributed by atoms with E-state index in [0.717, 1.165) is 6.42 Å². The Hall–Kier alpha value is 0.0400. The van der Waals surface area contributed by atoms with E-state index >= 15 is 0 Å². The summed E-state index contributed by atoms with van der Waals surface area (Å²) in [5.74, 6) is -0.334. The molecule has 1 aromatic rings. The van der Waals surface area contributed by atoms with E-state index in [2.05, 4.69) is 0 Å². The predicted molar refractivity (Wildman–Crippen MR) is 62.0 cm³/mol. The number of halogens is 3. The fraction of sp³-hybridized carbons (Fsp3) is 0.375. The Morgan fingerprint density at radius 1 is 1.50 bits per heavy atom. The van der Waals surface area contributed by atoms with Gasteiger partial charge in [0.25, 0.3) is 3.79 Å². The molecule has 1 heterocycles. The molecule has 0 unspecified atom stereocenters. The molecule has 0 aliphatic carbocycles. The third-order valence-electron chi connectivity index (χ3n) is 1.43. The van der Waals surface area contributed by atoms with Crippen LogP contribution < -0.4 is 0 Å². The Morgan fingerprint density at radius 2 is 2.21 bits per heavy atom. The molecule has 1 rings (SSSR count). The molecule has 14 heavy (non-hydrogen) atoms. The minimum absolute atomic E-state index is 0.334. The van der Waals surface area contributed by atoms with E-state index in [0.29, 0.717) is 6.61 Å². The molecule has 0 fully saturated rings. The molecule has 0 bridgehead atoms. The van der Waals surface area contributed by atoms with E-state index in [1.165, 1.54) is 4.88 Å². The summed E-state index contributed by atoms with van der Waals surface area (Å²) in [7, 11) is 0. The topological polar surface area (TPSA) is 33.1 Å². The van der Waals surface area contributed by atoms with Gasteiger partial charge in [0.2, 0.25) is 5.90 Å². The molecule has 0 saturated carbocycles. The quantitative estimate of drug-likeness (QED) is 0.508. The second-order valence-corrected chi connectivity index (χ2v) is 5.82. The largest absolute Gasteiger partial charge is 0.478 e. The summed E-state index contributed by atoms with van der Waals surface area (Å²) in [4.78, 5) is 1.18. The third-order valence-corrected chi connectivity index (χ3v) is 2.88. The van der Waals surface area contributed by atoms with Crippen molar-refractivity contribution in [3.05, 3.63) is 22.4 Å². The van der Waals surface area contributed by atoms with Crippen molar-refractivity contribution in [1.82, 2.24) is 0 Å². The van der Waals surface area contributed by atoms with Gasteiger partial charge in [-0.05, 0) is 11.4 Å². The average Bonchev–Trinajstić information content (AvgIpc) is 2.55. The first kappa shape index (κ1) is 12.1. The molecular formula is C8H8Cl3NOS. The van der Waals surface area contributed by atoms with Crippen LogP contribution in [-0.2, 0) is 11.2 Å². The van der Waals surface area contributed by atoms with Crippen molar-refractivity contribution in [2.75, 3.05) is 6.61 Å². The molecule has 0 radical (unpaired) electrons. The summed E-state index contributed by atoms with van der Waals surface area (Å²) >= 11 is 17.9. The molecule has 0 spiro atoms. The third kappa shape index (κ3) is 4.05. The highest BCUT2D eigenvalue weighted by atomic mass is 35.6. The highest BCUT2D eigenvalue weighted by Gasteiger charge is 2.28. The van der Waals surface area contributed by atoms with E-state index in [1.807, 2.05) is 17.5 Å². The Bertz CT molecular complexity index is 294. The Labute approximate surface area is 101 Å². The summed E-state index contributed by atoms with van der Waals surface area (Å²) in [6.07, 6.45) is 0.723. The summed E-state index contributed by atoms with van der Waals surface area (Å²) in [5, 5.41) is 9.24. The molecule has 0 aromatic carbocycles. The fourth-order valence-electron chi connectivity index (χ4n) is 0.790. The second-order valence-electron chi connectivity index (χ2n) is 2.50. The Morgan fingerprint density at radius 3 is 2.71 bits per heavy atom. The van der Waals surface area contributed by atoms with Gasteiger partial charge in [-0.1, -0.05) is 40.9 Å². The van der Waals surface area contributed by atoms with Crippen LogP contribution in [0.3, 0.4) is 0 Å². The van der Waals surface area contributed by atoms with Crippen LogP contribution in [0, 0.1) is 5.41 Å². The number of nitrogens with one attached hydrogen (secondary N) is 1. The first-order valence-corrected chi connectivity index (χ1v) is 5.82. The van der Waals surface area contributed by atoms with E-state index < -0.39 is 3.79 Å². The van der Waals surface area contributed by atoms with Crippen molar-refractivity contribution in [3.8, 4) is 0 Å². The zero-order chi connectivity index (χ0) is 10.6. The second kappa shape index (κ2) is 5.21. The van der Waals surface area contributed by atoms with Crippen LogP contribution >= 0.6 is 46.1 Å².